The van der Waals surface area contributed by atoms with E-state index in [-0.39, 0.29) is 50.2 Å². The molecule has 0 saturated carbocycles. The van der Waals surface area contributed by atoms with Crippen molar-refractivity contribution in [3.63, 3.8) is 0 Å². The number of primary amides is 2. The summed E-state index contributed by atoms with van der Waals surface area (Å²) in [6.07, 6.45) is 2.22. The summed E-state index contributed by atoms with van der Waals surface area (Å²) >= 11 is 3.46. The molecule has 8 amide bonds. The van der Waals surface area contributed by atoms with Crippen LogP contribution in [-0.2, 0) is 57.6 Å². The number of carbonyl (C=O) groups is 8. The summed E-state index contributed by atoms with van der Waals surface area (Å²) in [4.78, 5) is 105. The van der Waals surface area contributed by atoms with Gasteiger partial charge in [-0.15, -0.1) is 0 Å². The number of aromatic hydroxyl groups is 1. The van der Waals surface area contributed by atoms with E-state index in [0.717, 1.165) is 5.56 Å². The number of carbonyl (C=O) groups excluding carboxylic acids is 8. The molecule has 346 valence electrons. The van der Waals surface area contributed by atoms with Crippen LogP contribution in [0.3, 0.4) is 0 Å². The van der Waals surface area contributed by atoms with Crippen LogP contribution in [0.5, 0.6) is 5.75 Å². The topological polar surface area (TPSA) is 281 Å². The molecule has 64 heavy (non-hydrogen) atoms. The Labute approximate surface area is 391 Å². The Kier molecular flexibility index (Phi) is 22.6. The molecule has 0 saturated heterocycles. The van der Waals surface area contributed by atoms with E-state index in [9.17, 15) is 43.5 Å². The zero-order valence-corrected chi connectivity index (χ0v) is 39.2. The molecule has 0 aliphatic heterocycles. The van der Waals surface area contributed by atoms with Crippen molar-refractivity contribution >= 4 is 81.6 Å². The number of hydrogen-bond acceptors (Lipinski definition) is 10. The molecular weight excluding hydrogens is 956 g/mol. The molecule has 17 nitrogen and oxygen atoms in total. The van der Waals surface area contributed by atoms with E-state index in [1.165, 1.54) is 17.8 Å². The first-order valence-corrected chi connectivity index (χ1v) is 23.3. The highest BCUT2D eigenvalue weighted by atomic mass is 127. The third-order valence-corrected chi connectivity index (χ3v) is 11.4. The largest absolute Gasteiger partial charge is 0.507 e. The molecule has 0 radical (unpaired) electrons. The van der Waals surface area contributed by atoms with Gasteiger partial charge < -0.3 is 48.5 Å². The predicted octanol–water partition coefficient (Wildman–Crippen LogP) is 1.51. The summed E-state index contributed by atoms with van der Waals surface area (Å²) in [7, 11) is 0. The first-order valence-electron chi connectivity index (χ1n) is 20.8. The van der Waals surface area contributed by atoms with Crippen LogP contribution in [0.1, 0.15) is 62.6 Å². The normalized spacial score (nSPS) is 13.3. The van der Waals surface area contributed by atoms with Gasteiger partial charge in [-0.25, -0.2) is 0 Å². The van der Waals surface area contributed by atoms with Gasteiger partial charge in [0.15, 0.2) is 0 Å². The maximum Gasteiger partial charge on any atom is 0.243 e. The van der Waals surface area contributed by atoms with Crippen molar-refractivity contribution in [3.05, 3.63) is 99.1 Å². The van der Waals surface area contributed by atoms with E-state index in [2.05, 4.69) is 31.9 Å². The van der Waals surface area contributed by atoms with Gasteiger partial charge in [0.05, 0.1) is 10.1 Å². The number of thioether (sulfide) groups is 1. The second kappa shape index (κ2) is 27.5. The minimum Gasteiger partial charge on any atom is -0.507 e. The van der Waals surface area contributed by atoms with Gasteiger partial charge in [-0.3, -0.25) is 38.4 Å². The molecule has 0 bridgehead atoms. The lowest BCUT2D eigenvalue weighted by Crippen LogP contribution is -2.58. The highest BCUT2D eigenvalue weighted by Gasteiger charge is 2.31. The number of nitrogens with two attached hydrogens (primary N) is 2. The van der Waals surface area contributed by atoms with Crippen molar-refractivity contribution in [3.8, 4) is 5.75 Å². The molecule has 11 N–H and O–H groups in total. The summed E-state index contributed by atoms with van der Waals surface area (Å²) in [5.74, 6) is -4.82. The highest BCUT2D eigenvalue weighted by Crippen LogP contribution is 2.21. The van der Waals surface area contributed by atoms with E-state index in [1.807, 2.05) is 42.7 Å². The molecule has 0 spiro atoms. The van der Waals surface area contributed by atoms with Crippen LogP contribution < -0.4 is 43.4 Å². The lowest BCUT2D eigenvalue weighted by molar-refractivity contribution is -0.134. The minimum atomic E-state index is -1.29. The van der Waals surface area contributed by atoms with Crippen molar-refractivity contribution in [1.29, 1.82) is 0 Å². The number of halogens is 1. The van der Waals surface area contributed by atoms with Gasteiger partial charge in [0.1, 0.15) is 36.0 Å². The van der Waals surface area contributed by atoms with Gasteiger partial charge >= 0.3 is 0 Å². The van der Waals surface area contributed by atoms with Gasteiger partial charge in [0, 0.05) is 25.7 Å². The summed E-state index contributed by atoms with van der Waals surface area (Å²) in [5.41, 5.74) is 13.0. The van der Waals surface area contributed by atoms with Crippen LogP contribution in [-0.4, -0.2) is 101 Å². The molecule has 19 heteroatoms. The fourth-order valence-corrected chi connectivity index (χ4v) is 7.53. The van der Waals surface area contributed by atoms with Crippen LogP contribution in [0.25, 0.3) is 0 Å². The van der Waals surface area contributed by atoms with Gasteiger partial charge in [-0.05, 0) is 95.0 Å². The lowest BCUT2D eigenvalue weighted by Gasteiger charge is -2.26. The van der Waals surface area contributed by atoms with E-state index >= 15 is 0 Å². The Hall–Kier alpha value is -5.70. The van der Waals surface area contributed by atoms with Crippen LogP contribution in [0.2, 0.25) is 0 Å². The second-order valence-corrected chi connectivity index (χ2v) is 17.8. The molecule has 0 aliphatic carbocycles. The molecule has 0 fully saturated rings. The summed E-state index contributed by atoms with van der Waals surface area (Å²) < 4.78 is 0.608. The average molecular weight is 1010 g/mol. The second-order valence-electron chi connectivity index (χ2n) is 15.6. The van der Waals surface area contributed by atoms with Crippen LogP contribution in [0.15, 0.2) is 78.9 Å². The average Bonchev–Trinajstić information content (AvgIpc) is 3.25. The molecule has 3 aromatic rings. The van der Waals surface area contributed by atoms with Crippen molar-refractivity contribution in [1.82, 2.24) is 31.9 Å². The Morgan fingerprint density at radius 1 is 0.625 bits per heavy atom. The molecule has 0 aliphatic rings. The summed E-state index contributed by atoms with van der Waals surface area (Å²) in [6, 6.07) is 16.8. The fraction of sp³-hybridized carbons (Fsp3) is 0.422. The molecular formula is C45H59IN8O9S. The number of phenolic OH excluding ortho intramolecular Hbond substituents is 1. The number of amides is 8. The van der Waals surface area contributed by atoms with E-state index in [4.69, 9.17) is 11.5 Å². The maximum absolute atomic E-state index is 14.2. The number of rotatable bonds is 27. The summed E-state index contributed by atoms with van der Waals surface area (Å²) in [6.45, 7) is 3.15. The summed E-state index contributed by atoms with van der Waals surface area (Å²) in [5, 5.41) is 25.8. The smallest absolute Gasteiger partial charge is 0.243 e. The standard InChI is InChI=1S/C45H59IN8O9S/c1-27(2)22-34(44(62)52-32(41(48)59)20-21-64-3)51-40(58)26-49-42(60)35(24-28-10-6-4-7-11-28)53-45(63)36(25-29-12-8-5-9-13-29)54-43(61)33(16-18-38(47)56)50-39(57)19-15-30-14-17-37(55)31(46)23-30/h4-14,17,23,27,32-36,55H,15-16,18-22,24-26H2,1-3H3,(H2,47,56)(H2,48,59)(H,49,60)(H,50,57)(H,51,58)(H,52,62)(H,53,63)(H,54,61)/t32-,33-,34-,35-,36-/m0/s1. The monoisotopic (exact) mass is 1010 g/mol. The SMILES string of the molecule is CSCC[C@H](NC(=O)[C@H](CC(C)C)NC(=O)CNC(=O)[C@H](Cc1ccccc1)NC(=O)[C@H](Cc1ccccc1)NC(=O)[C@H](CCC(N)=O)NC(=O)CCc1ccc(O)c(I)c1)C(N)=O. The third-order valence-electron chi connectivity index (χ3n) is 9.87. The van der Waals surface area contributed by atoms with Crippen LogP contribution in [0.4, 0.5) is 0 Å². The quantitative estimate of drug-likeness (QED) is 0.0497. The van der Waals surface area contributed by atoms with Crippen molar-refractivity contribution < 1.29 is 43.5 Å². The molecule has 3 aromatic carbocycles. The number of nitrogens with one attached hydrogen (secondary N) is 6. The molecule has 0 unspecified atom stereocenters. The number of hydrogen-bond donors (Lipinski definition) is 9. The Morgan fingerprint density at radius 3 is 1.69 bits per heavy atom. The zero-order chi connectivity index (χ0) is 47.2. The van der Waals surface area contributed by atoms with E-state index < -0.39 is 84.0 Å². The zero-order valence-electron chi connectivity index (χ0n) is 36.2. The highest BCUT2D eigenvalue weighted by molar-refractivity contribution is 14.1. The van der Waals surface area contributed by atoms with Gasteiger partial charge in [-0.2, -0.15) is 11.8 Å². The first kappa shape index (κ1) is 52.6. The third kappa shape index (κ3) is 19.4. The van der Waals surface area contributed by atoms with Crippen molar-refractivity contribution in [2.75, 3.05) is 18.6 Å². The van der Waals surface area contributed by atoms with Crippen LogP contribution >= 0.6 is 34.4 Å². The Bertz CT molecular complexity index is 2060. The number of phenols is 1. The predicted molar refractivity (Wildman–Crippen MR) is 252 cm³/mol. The van der Waals surface area contributed by atoms with Crippen molar-refractivity contribution in [2.45, 2.75) is 95.4 Å². The minimum absolute atomic E-state index is 0.00759. The Balaban J connectivity index is 1.81. The maximum atomic E-state index is 14.2. The lowest BCUT2D eigenvalue weighted by atomic mass is 10.0. The molecule has 0 heterocycles. The molecule has 0 aromatic heterocycles. The molecule has 3 rings (SSSR count). The fourth-order valence-electron chi connectivity index (χ4n) is 6.48. The number of aryl methyl sites for hydroxylation is 1. The Morgan fingerprint density at radius 2 is 1.16 bits per heavy atom. The first-order chi connectivity index (χ1) is 30.4. The number of benzene rings is 3. The van der Waals surface area contributed by atoms with Crippen LogP contribution in [0, 0.1) is 9.49 Å². The van der Waals surface area contributed by atoms with E-state index in [0.29, 0.717) is 33.3 Å². The van der Waals surface area contributed by atoms with Gasteiger partial charge in [0.25, 0.3) is 0 Å². The van der Waals surface area contributed by atoms with Gasteiger partial charge in [-0.1, -0.05) is 80.6 Å². The van der Waals surface area contributed by atoms with Gasteiger partial charge in [0.2, 0.25) is 47.3 Å². The van der Waals surface area contributed by atoms with E-state index in [1.54, 1.807) is 72.8 Å². The van der Waals surface area contributed by atoms with Crippen molar-refractivity contribution in [2.24, 2.45) is 17.4 Å². The molecule has 5 atom stereocenters.